The van der Waals surface area contributed by atoms with Gasteiger partial charge in [0.25, 0.3) is 5.69 Å². The Bertz CT molecular complexity index is 1010. The molecule has 0 saturated carbocycles. The summed E-state index contributed by atoms with van der Waals surface area (Å²) in [4.78, 5) is 10.2. The Labute approximate surface area is 176 Å². The summed E-state index contributed by atoms with van der Waals surface area (Å²) in [6.07, 6.45) is 1.62. The van der Waals surface area contributed by atoms with E-state index in [-0.39, 0.29) is 5.69 Å². The van der Waals surface area contributed by atoms with Crippen LogP contribution in [0.4, 0.5) is 11.4 Å². The van der Waals surface area contributed by atoms with Crippen LogP contribution >= 0.6 is 15.9 Å². The van der Waals surface area contributed by atoms with E-state index in [0.717, 1.165) is 15.6 Å². The summed E-state index contributed by atoms with van der Waals surface area (Å²) < 4.78 is 12.1. The molecule has 148 valence electrons. The molecule has 0 heterocycles. The van der Waals surface area contributed by atoms with Gasteiger partial charge in [-0.3, -0.25) is 15.5 Å². The second-order valence-corrected chi connectivity index (χ2v) is 6.84. The number of rotatable bonds is 8. The summed E-state index contributed by atoms with van der Waals surface area (Å²) in [5.41, 5.74) is 5.35. The molecule has 1 N–H and O–H groups in total. The fourth-order valence-electron chi connectivity index (χ4n) is 2.52. The standard InChI is InChI=1S/C21H18BrN3O4/c1-28-20-12-16(13-23-24-17-7-9-18(10-8-17)25(26)27)11-19(22)21(20)29-14-15-5-3-2-4-6-15/h2-13,24H,14H2,1H3/b23-13-. The van der Waals surface area contributed by atoms with E-state index in [1.165, 1.54) is 12.1 Å². The van der Waals surface area contributed by atoms with Crippen LogP contribution in [0, 0.1) is 10.1 Å². The molecule has 0 fully saturated rings. The molecule has 0 aromatic heterocycles. The van der Waals surface area contributed by atoms with E-state index >= 15 is 0 Å². The normalized spacial score (nSPS) is 10.7. The fourth-order valence-corrected chi connectivity index (χ4v) is 3.10. The maximum absolute atomic E-state index is 10.7. The van der Waals surface area contributed by atoms with Gasteiger partial charge in [-0.25, -0.2) is 0 Å². The maximum Gasteiger partial charge on any atom is 0.269 e. The number of halogens is 1. The molecule has 0 saturated heterocycles. The molecular weight excluding hydrogens is 438 g/mol. The first-order chi connectivity index (χ1) is 14.1. The highest BCUT2D eigenvalue weighted by Gasteiger charge is 2.11. The molecule has 0 aliphatic rings. The zero-order valence-corrected chi connectivity index (χ0v) is 17.1. The molecule has 7 nitrogen and oxygen atoms in total. The van der Waals surface area contributed by atoms with Crippen LogP contribution in [-0.4, -0.2) is 18.2 Å². The lowest BCUT2D eigenvalue weighted by Crippen LogP contribution is -2.00. The van der Waals surface area contributed by atoms with Crippen molar-refractivity contribution in [2.75, 3.05) is 12.5 Å². The number of nitro groups is 1. The predicted molar refractivity (Wildman–Crippen MR) is 116 cm³/mol. The van der Waals surface area contributed by atoms with E-state index in [9.17, 15) is 10.1 Å². The summed E-state index contributed by atoms with van der Waals surface area (Å²) in [7, 11) is 1.58. The molecular formula is C21H18BrN3O4. The highest BCUT2D eigenvalue weighted by atomic mass is 79.9. The number of anilines is 1. The number of nitrogens with one attached hydrogen (secondary N) is 1. The first kappa shape index (κ1) is 20.3. The zero-order chi connectivity index (χ0) is 20.6. The number of methoxy groups -OCH3 is 1. The van der Waals surface area contributed by atoms with E-state index in [1.807, 2.05) is 42.5 Å². The molecule has 0 aliphatic carbocycles. The minimum absolute atomic E-state index is 0.0271. The Kier molecular flexibility index (Phi) is 6.80. The average Bonchev–Trinajstić information content (AvgIpc) is 2.73. The predicted octanol–water partition coefficient (Wildman–Crippen LogP) is 5.39. The lowest BCUT2D eigenvalue weighted by molar-refractivity contribution is -0.384. The molecule has 3 aromatic carbocycles. The quantitative estimate of drug-likeness (QED) is 0.279. The van der Waals surface area contributed by atoms with Crippen molar-refractivity contribution in [1.29, 1.82) is 0 Å². The Morgan fingerprint density at radius 2 is 1.86 bits per heavy atom. The van der Waals surface area contributed by atoms with Crippen LogP contribution in [0.2, 0.25) is 0 Å². The topological polar surface area (TPSA) is 86.0 Å². The van der Waals surface area contributed by atoms with Gasteiger partial charge >= 0.3 is 0 Å². The molecule has 0 amide bonds. The highest BCUT2D eigenvalue weighted by molar-refractivity contribution is 9.10. The van der Waals surface area contributed by atoms with Crippen molar-refractivity contribution in [1.82, 2.24) is 0 Å². The third-order valence-corrected chi connectivity index (χ3v) is 4.55. The zero-order valence-electron chi connectivity index (χ0n) is 15.5. The SMILES string of the molecule is COc1cc(/C=N\Nc2ccc([N+](=O)[O-])cc2)cc(Br)c1OCc1ccccc1. The van der Waals surface area contributed by atoms with Crippen LogP contribution in [0.25, 0.3) is 0 Å². The van der Waals surface area contributed by atoms with Crippen LogP contribution in [0.5, 0.6) is 11.5 Å². The van der Waals surface area contributed by atoms with Crippen molar-refractivity contribution < 1.29 is 14.4 Å². The van der Waals surface area contributed by atoms with Crippen LogP contribution in [0.1, 0.15) is 11.1 Å². The molecule has 0 aliphatic heterocycles. The number of non-ortho nitro benzene ring substituents is 1. The number of hydrazone groups is 1. The molecule has 0 atom stereocenters. The van der Waals surface area contributed by atoms with Gasteiger partial charge in [0.15, 0.2) is 11.5 Å². The number of hydrogen-bond donors (Lipinski definition) is 1. The highest BCUT2D eigenvalue weighted by Crippen LogP contribution is 2.36. The summed E-state index contributed by atoms with van der Waals surface area (Å²) in [6.45, 7) is 0.422. The van der Waals surface area contributed by atoms with Crippen LogP contribution in [0.3, 0.4) is 0 Å². The molecule has 29 heavy (non-hydrogen) atoms. The number of nitrogens with zero attached hydrogens (tertiary/aromatic N) is 2. The Hall–Kier alpha value is -3.39. The number of benzene rings is 3. The minimum Gasteiger partial charge on any atom is -0.493 e. The fraction of sp³-hybridized carbons (Fsp3) is 0.0952. The van der Waals surface area contributed by atoms with Crippen molar-refractivity contribution in [3.8, 4) is 11.5 Å². The first-order valence-corrected chi connectivity index (χ1v) is 9.44. The smallest absolute Gasteiger partial charge is 0.269 e. The van der Waals surface area contributed by atoms with Gasteiger partial charge in [0.05, 0.1) is 28.4 Å². The average molecular weight is 456 g/mol. The van der Waals surface area contributed by atoms with E-state index < -0.39 is 4.92 Å². The lowest BCUT2D eigenvalue weighted by atomic mass is 10.2. The summed E-state index contributed by atoms with van der Waals surface area (Å²) in [5, 5.41) is 14.9. The second-order valence-electron chi connectivity index (χ2n) is 5.98. The minimum atomic E-state index is -0.446. The Morgan fingerprint density at radius 1 is 1.14 bits per heavy atom. The van der Waals surface area contributed by atoms with Gasteiger partial charge in [0, 0.05) is 12.1 Å². The van der Waals surface area contributed by atoms with Gasteiger partial charge in [-0.15, -0.1) is 0 Å². The summed E-state index contributed by atoms with van der Waals surface area (Å²) in [5.74, 6) is 1.18. The van der Waals surface area contributed by atoms with Gasteiger partial charge in [-0.2, -0.15) is 5.10 Å². The van der Waals surface area contributed by atoms with Crippen LogP contribution < -0.4 is 14.9 Å². The van der Waals surface area contributed by atoms with Gasteiger partial charge in [-0.05, 0) is 51.3 Å². The Balaban J connectivity index is 1.69. The van der Waals surface area contributed by atoms with E-state index in [0.29, 0.717) is 23.8 Å². The molecule has 0 unspecified atom stereocenters. The third-order valence-electron chi connectivity index (χ3n) is 3.96. The van der Waals surface area contributed by atoms with Crippen molar-refractivity contribution in [3.05, 3.63) is 92.4 Å². The summed E-state index contributed by atoms with van der Waals surface area (Å²) in [6, 6.07) is 19.5. The number of ether oxygens (including phenoxy) is 2. The van der Waals surface area contributed by atoms with Gasteiger partial charge in [-0.1, -0.05) is 30.3 Å². The van der Waals surface area contributed by atoms with E-state index in [2.05, 4.69) is 26.5 Å². The van der Waals surface area contributed by atoms with Crippen molar-refractivity contribution in [2.24, 2.45) is 5.10 Å². The molecule has 0 bridgehead atoms. The van der Waals surface area contributed by atoms with Gasteiger partial charge < -0.3 is 9.47 Å². The largest absolute Gasteiger partial charge is 0.493 e. The number of hydrogen-bond acceptors (Lipinski definition) is 6. The first-order valence-electron chi connectivity index (χ1n) is 8.64. The van der Waals surface area contributed by atoms with Crippen LogP contribution in [0.15, 0.2) is 76.3 Å². The second kappa shape index (κ2) is 9.70. The maximum atomic E-state index is 10.7. The Morgan fingerprint density at radius 3 is 2.52 bits per heavy atom. The van der Waals surface area contributed by atoms with Gasteiger partial charge in [0.1, 0.15) is 6.61 Å². The molecule has 0 radical (unpaired) electrons. The molecule has 0 spiro atoms. The van der Waals surface area contributed by atoms with E-state index in [4.69, 9.17) is 9.47 Å². The van der Waals surface area contributed by atoms with Crippen LogP contribution in [-0.2, 0) is 6.61 Å². The molecule has 3 rings (SSSR count). The molecule has 8 heteroatoms. The third kappa shape index (κ3) is 5.55. The van der Waals surface area contributed by atoms with Crippen molar-refractivity contribution in [3.63, 3.8) is 0 Å². The van der Waals surface area contributed by atoms with Crippen molar-refractivity contribution in [2.45, 2.75) is 6.61 Å². The number of nitro benzene ring substituents is 1. The van der Waals surface area contributed by atoms with Crippen molar-refractivity contribution >= 4 is 33.5 Å². The van der Waals surface area contributed by atoms with E-state index in [1.54, 1.807) is 25.5 Å². The summed E-state index contributed by atoms with van der Waals surface area (Å²) >= 11 is 3.52. The molecule has 3 aromatic rings. The lowest BCUT2D eigenvalue weighted by Gasteiger charge is -2.13. The van der Waals surface area contributed by atoms with Gasteiger partial charge in [0.2, 0.25) is 0 Å². The monoisotopic (exact) mass is 455 g/mol.